The van der Waals surface area contributed by atoms with Gasteiger partial charge in [-0.1, -0.05) is 66.2 Å². The van der Waals surface area contributed by atoms with E-state index in [4.69, 9.17) is 16.0 Å². The zero-order valence-electron chi connectivity index (χ0n) is 12.8. The summed E-state index contributed by atoms with van der Waals surface area (Å²) >= 11 is 6.19. The van der Waals surface area contributed by atoms with Crippen LogP contribution in [0.2, 0.25) is 5.02 Å². The van der Waals surface area contributed by atoms with Crippen LogP contribution in [-0.4, -0.2) is 0 Å². The van der Waals surface area contributed by atoms with Gasteiger partial charge in [-0.25, -0.2) is 0 Å². The largest absolute Gasteiger partial charge is 0.455 e. The summed E-state index contributed by atoms with van der Waals surface area (Å²) in [6.07, 6.45) is 0. The van der Waals surface area contributed by atoms with Gasteiger partial charge in [0.05, 0.1) is 0 Å². The standard InChI is InChI=1S/C22H13ClO/c23-16-7-3-6-15(13-16)17-9-4-10-20-21(17)19-12-11-14-5-1-2-8-18(14)22(19)24-20/h1-13H. The molecule has 1 nitrogen and oxygen atoms in total. The third-order valence-electron chi connectivity index (χ3n) is 4.52. The Balaban J connectivity index is 1.94. The lowest BCUT2D eigenvalue weighted by molar-refractivity contribution is 0.673. The molecule has 0 atom stereocenters. The van der Waals surface area contributed by atoms with Gasteiger partial charge in [0.25, 0.3) is 0 Å². The summed E-state index contributed by atoms with van der Waals surface area (Å²) in [6.45, 7) is 0. The molecule has 0 saturated heterocycles. The van der Waals surface area contributed by atoms with Gasteiger partial charge < -0.3 is 4.42 Å². The highest BCUT2D eigenvalue weighted by Crippen LogP contribution is 2.39. The second-order valence-electron chi connectivity index (χ2n) is 5.95. The molecule has 0 fully saturated rings. The van der Waals surface area contributed by atoms with Crippen LogP contribution >= 0.6 is 11.6 Å². The zero-order valence-corrected chi connectivity index (χ0v) is 13.5. The maximum Gasteiger partial charge on any atom is 0.143 e. The van der Waals surface area contributed by atoms with E-state index in [1.807, 2.05) is 42.5 Å². The second kappa shape index (κ2) is 5.12. The van der Waals surface area contributed by atoms with Gasteiger partial charge in [0.2, 0.25) is 0 Å². The smallest absolute Gasteiger partial charge is 0.143 e. The summed E-state index contributed by atoms with van der Waals surface area (Å²) in [5, 5.41) is 5.35. The third kappa shape index (κ3) is 1.95. The number of furan rings is 1. The van der Waals surface area contributed by atoms with Crippen LogP contribution in [0.5, 0.6) is 0 Å². The van der Waals surface area contributed by atoms with Crippen LogP contribution < -0.4 is 0 Å². The number of benzene rings is 4. The molecule has 4 aromatic carbocycles. The predicted octanol–water partition coefficient (Wildman–Crippen LogP) is 7.06. The number of fused-ring (bicyclic) bond motifs is 5. The molecule has 0 aliphatic carbocycles. The summed E-state index contributed by atoms with van der Waals surface area (Å²) in [5.74, 6) is 0. The Bertz CT molecular complexity index is 1220. The first kappa shape index (κ1) is 13.6. The summed E-state index contributed by atoms with van der Waals surface area (Å²) in [5.41, 5.74) is 4.09. The number of hydrogen-bond acceptors (Lipinski definition) is 1. The Morgan fingerprint density at radius 1 is 0.708 bits per heavy atom. The first-order chi connectivity index (χ1) is 11.8. The lowest BCUT2D eigenvalue weighted by atomic mass is 9.98. The van der Waals surface area contributed by atoms with E-state index in [0.717, 1.165) is 43.5 Å². The van der Waals surface area contributed by atoms with Crippen LogP contribution in [0.25, 0.3) is 43.8 Å². The van der Waals surface area contributed by atoms with Gasteiger partial charge in [-0.3, -0.25) is 0 Å². The van der Waals surface area contributed by atoms with Gasteiger partial charge in [0.15, 0.2) is 0 Å². The Labute approximate surface area is 144 Å². The average molecular weight is 329 g/mol. The van der Waals surface area contributed by atoms with E-state index in [9.17, 15) is 0 Å². The maximum atomic E-state index is 6.23. The van der Waals surface area contributed by atoms with Crippen molar-refractivity contribution in [3.8, 4) is 11.1 Å². The highest BCUT2D eigenvalue weighted by Gasteiger charge is 2.14. The van der Waals surface area contributed by atoms with E-state index in [1.165, 1.54) is 5.39 Å². The van der Waals surface area contributed by atoms with Crippen molar-refractivity contribution >= 4 is 44.3 Å². The first-order valence-corrected chi connectivity index (χ1v) is 8.28. The molecule has 0 amide bonds. The molecule has 0 N–H and O–H groups in total. The molecule has 114 valence electrons. The van der Waals surface area contributed by atoms with E-state index in [0.29, 0.717) is 0 Å². The fourth-order valence-corrected chi connectivity index (χ4v) is 3.64. The fourth-order valence-electron chi connectivity index (χ4n) is 3.45. The van der Waals surface area contributed by atoms with Crippen LogP contribution in [0.4, 0.5) is 0 Å². The summed E-state index contributed by atoms with van der Waals surface area (Å²) in [7, 11) is 0. The molecule has 0 bridgehead atoms. The van der Waals surface area contributed by atoms with Gasteiger partial charge in [-0.15, -0.1) is 0 Å². The topological polar surface area (TPSA) is 13.1 Å². The molecule has 0 aliphatic rings. The number of hydrogen-bond donors (Lipinski definition) is 0. The molecule has 0 saturated carbocycles. The average Bonchev–Trinajstić information content (AvgIpc) is 3.01. The second-order valence-corrected chi connectivity index (χ2v) is 6.39. The van der Waals surface area contributed by atoms with Crippen molar-refractivity contribution in [1.82, 2.24) is 0 Å². The Kier molecular flexibility index (Phi) is 2.91. The van der Waals surface area contributed by atoms with Crippen molar-refractivity contribution in [2.24, 2.45) is 0 Å². The molecule has 0 spiro atoms. The molecule has 2 heteroatoms. The normalized spacial score (nSPS) is 11.5. The first-order valence-electron chi connectivity index (χ1n) is 7.90. The zero-order chi connectivity index (χ0) is 16.1. The van der Waals surface area contributed by atoms with Crippen LogP contribution in [0.1, 0.15) is 0 Å². The Morgan fingerprint density at radius 3 is 2.50 bits per heavy atom. The Hall–Kier alpha value is -2.77. The summed E-state index contributed by atoms with van der Waals surface area (Å²) in [4.78, 5) is 0. The highest BCUT2D eigenvalue weighted by molar-refractivity contribution is 6.31. The van der Waals surface area contributed by atoms with Crippen molar-refractivity contribution in [3.05, 3.63) is 83.9 Å². The third-order valence-corrected chi connectivity index (χ3v) is 4.76. The van der Waals surface area contributed by atoms with Gasteiger partial charge in [0.1, 0.15) is 11.2 Å². The van der Waals surface area contributed by atoms with Crippen LogP contribution in [0.3, 0.4) is 0 Å². The van der Waals surface area contributed by atoms with E-state index >= 15 is 0 Å². The molecular weight excluding hydrogens is 316 g/mol. The van der Waals surface area contributed by atoms with Gasteiger partial charge in [0, 0.05) is 21.2 Å². The minimum atomic E-state index is 0.739. The van der Waals surface area contributed by atoms with Crippen molar-refractivity contribution < 1.29 is 4.42 Å². The maximum absolute atomic E-state index is 6.23. The van der Waals surface area contributed by atoms with Crippen LogP contribution in [0, 0.1) is 0 Å². The SMILES string of the molecule is Clc1cccc(-c2cccc3oc4c5ccccc5ccc4c23)c1. The lowest BCUT2D eigenvalue weighted by Gasteiger charge is -2.04. The molecule has 5 rings (SSSR count). The van der Waals surface area contributed by atoms with E-state index in [-0.39, 0.29) is 0 Å². The molecule has 5 aromatic rings. The minimum Gasteiger partial charge on any atom is -0.455 e. The van der Waals surface area contributed by atoms with Gasteiger partial charge in [-0.05, 0) is 40.8 Å². The predicted molar refractivity (Wildman–Crippen MR) is 102 cm³/mol. The monoisotopic (exact) mass is 328 g/mol. The fraction of sp³-hybridized carbons (Fsp3) is 0. The lowest BCUT2D eigenvalue weighted by Crippen LogP contribution is -1.79. The van der Waals surface area contributed by atoms with Crippen LogP contribution in [0.15, 0.2) is 83.3 Å². The number of rotatable bonds is 1. The minimum absolute atomic E-state index is 0.739. The molecule has 0 radical (unpaired) electrons. The Morgan fingerprint density at radius 2 is 1.58 bits per heavy atom. The summed E-state index contributed by atoms with van der Waals surface area (Å²) < 4.78 is 6.23. The molecule has 0 aliphatic heterocycles. The van der Waals surface area contributed by atoms with E-state index in [1.54, 1.807) is 0 Å². The van der Waals surface area contributed by atoms with Crippen molar-refractivity contribution in [2.45, 2.75) is 0 Å². The van der Waals surface area contributed by atoms with Crippen molar-refractivity contribution in [3.63, 3.8) is 0 Å². The molecule has 24 heavy (non-hydrogen) atoms. The highest BCUT2D eigenvalue weighted by atomic mass is 35.5. The van der Waals surface area contributed by atoms with Crippen molar-refractivity contribution in [1.29, 1.82) is 0 Å². The number of halogens is 1. The molecule has 1 aromatic heterocycles. The molecular formula is C22H13ClO. The van der Waals surface area contributed by atoms with Crippen molar-refractivity contribution in [2.75, 3.05) is 0 Å². The van der Waals surface area contributed by atoms with Gasteiger partial charge >= 0.3 is 0 Å². The quantitative estimate of drug-likeness (QED) is 0.321. The molecule has 0 unspecified atom stereocenters. The van der Waals surface area contributed by atoms with Gasteiger partial charge in [-0.2, -0.15) is 0 Å². The summed E-state index contributed by atoms with van der Waals surface area (Å²) in [6, 6.07) is 26.8. The van der Waals surface area contributed by atoms with E-state index in [2.05, 4.69) is 36.4 Å². The van der Waals surface area contributed by atoms with E-state index < -0.39 is 0 Å². The van der Waals surface area contributed by atoms with Crippen LogP contribution in [-0.2, 0) is 0 Å². The molecule has 1 heterocycles.